The molecule has 0 saturated carbocycles. The van der Waals surface area contributed by atoms with Crippen LogP contribution < -0.4 is 5.73 Å². The van der Waals surface area contributed by atoms with Gasteiger partial charge in [-0.1, -0.05) is 6.08 Å². The average molecular weight is 157 g/mol. The van der Waals surface area contributed by atoms with E-state index in [1.54, 1.807) is 0 Å². The Labute approximate surface area is 63.0 Å². The van der Waals surface area contributed by atoms with Crippen molar-refractivity contribution in [3.63, 3.8) is 0 Å². The summed E-state index contributed by atoms with van der Waals surface area (Å²) in [6, 6.07) is 0. The Morgan fingerprint density at radius 2 is 2.45 bits per heavy atom. The fraction of sp³-hybridized carbons (Fsp3) is 0.286. The molecular formula is C7H8FNO2. The summed E-state index contributed by atoms with van der Waals surface area (Å²) in [6.45, 7) is 0. The van der Waals surface area contributed by atoms with Crippen molar-refractivity contribution in [1.82, 2.24) is 0 Å². The molecule has 0 saturated heterocycles. The fourth-order valence-electron chi connectivity index (χ4n) is 0.789. The first-order chi connectivity index (χ1) is 5.04. The van der Waals surface area contributed by atoms with Crippen LogP contribution in [0.5, 0.6) is 0 Å². The molecule has 0 heterocycles. The molecule has 0 aliphatic heterocycles. The first-order valence-electron chi connectivity index (χ1n) is 3.12. The molecule has 3 nitrogen and oxygen atoms in total. The molecule has 0 fully saturated rings. The van der Waals surface area contributed by atoms with Crippen molar-refractivity contribution in [1.29, 1.82) is 0 Å². The Morgan fingerprint density at radius 3 is 2.82 bits per heavy atom. The van der Waals surface area contributed by atoms with Crippen LogP contribution in [0.1, 0.15) is 6.42 Å². The highest BCUT2D eigenvalue weighted by atomic mass is 19.1. The van der Waals surface area contributed by atoms with Gasteiger partial charge < -0.3 is 10.8 Å². The van der Waals surface area contributed by atoms with Crippen LogP contribution in [0.3, 0.4) is 0 Å². The van der Waals surface area contributed by atoms with Crippen molar-refractivity contribution in [3.8, 4) is 0 Å². The van der Waals surface area contributed by atoms with E-state index in [0.29, 0.717) is 5.70 Å². The van der Waals surface area contributed by atoms with Gasteiger partial charge in [-0.25, -0.2) is 9.18 Å². The van der Waals surface area contributed by atoms with Gasteiger partial charge in [-0.3, -0.25) is 0 Å². The van der Waals surface area contributed by atoms with Gasteiger partial charge in [0.25, 0.3) is 0 Å². The minimum atomic E-state index is -2.26. The van der Waals surface area contributed by atoms with E-state index in [1.165, 1.54) is 12.2 Å². The molecule has 0 aromatic carbocycles. The number of allylic oxidation sites excluding steroid dienone is 2. The smallest absolute Gasteiger partial charge is 0.345 e. The number of hydrogen-bond donors (Lipinski definition) is 2. The van der Waals surface area contributed by atoms with Gasteiger partial charge in [0.2, 0.25) is 5.67 Å². The summed E-state index contributed by atoms with van der Waals surface area (Å²) in [6.07, 6.45) is 3.39. The molecule has 0 amide bonds. The highest BCUT2D eigenvalue weighted by molar-refractivity contribution is 5.80. The zero-order valence-corrected chi connectivity index (χ0v) is 5.75. The van der Waals surface area contributed by atoms with Crippen LogP contribution in [0.4, 0.5) is 4.39 Å². The second-order valence-corrected chi connectivity index (χ2v) is 2.41. The van der Waals surface area contributed by atoms with E-state index >= 15 is 0 Å². The van der Waals surface area contributed by atoms with E-state index in [9.17, 15) is 9.18 Å². The summed E-state index contributed by atoms with van der Waals surface area (Å²) >= 11 is 0. The first kappa shape index (κ1) is 7.78. The number of carboxylic acid groups (broad SMARTS) is 1. The van der Waals surface area contributed by atoms with E-state index in [0.717, 1.165) is 6.08 Å². The van der Waals surface area contributed by atoms with E-state index in [4.69, 9.17) is 10.8 Å². The third kappa shape index (κ3) is 1.39. The van der Waals surface area contributed by atoms with Gasteiger partial charge in [-0.2, -0.15) is 0 Å². The molecule has 0 bridgehead atoms. The van der Waals surface area contributed by atoms with E-state index in [-0.39, 0.29) is 6.42 Å². The standard InChI is InChI=1S/C7H8FNO2/c8-7(6(10)11)3-1-5(9)2-4-7/h1-3H,4,9H2,(H,10,11). The van der Waals surface area contributed by atoms with Crippen LogP contribution in [-0.2, 0) is 4.79 Å². The molecule has 0 aromatic rings. The van der Waals surface area contributed by atoms with Crippen LogP contribution in [0.25, 0.3) is 0 Å². The van der Waals surface area contributed by atoms with Gasteiger partial charge in [0.15, 0.2) is 0 Å². The Balaban J connectivity index is 2.82. The molecule has 1 aliphatic carbocycles. The number of carboxylic acids is 1. The van der Waals surface area contributed by atoms with Gasteiger partial charge in [-0.15, -0.1) is 0 Å². The third-order valence-corrected chi connectivity index (χ3v) is 1.53. The molecular weight excluding hydrogens is 149 g/mol. The lowest BCUT2D eigenvalue weighted by Crippen LogP contribution is -2.32. The predicted octanol–water partition coefficient (Wildman–Crippen LogP) is 0.582. The Morgan fingerprint density at radius 1 is 1.82 bits per heavy atom. The fourth-order valence-corrected chi connectivity index (χ4v) is 0.789. The number of aliphatic carboxylic acids is 1. The second-order valence-electron chi connectivity index (χ2n) is 2.41. The normalized spacial score (nSPS) is 29.7. The van der Waals surface area contributed by atoms with Crippen LogP contribution in [0.15, 0.2) is 23.9 Å². The summed E-state index contributed by atoms with van der Waals surface area (Å²) in [5, 5.41) is 8.39. The summed E-state index contributed by atoms with van der Waals surface area (Å²) < 4.78 is 13.1. The molecule has 0 spiro atoms. The highest BCUT2D eigenvalue weighted by Crippen LogP contribution is 2.23. The van der Waals surface area contributed by atoms with E-state index in [1.807, 2.05) is 0 Å². The molecule has 11 heavy (non-hydrogen) atoms. The zero-order valence-electron chi connectivity index (χ0n) is 5.75. The van der Waals surface area contributed by atoms with Gasteiger partial charge in [0.05, 0.1) is 0 Å². The monoisotopic (exact) mass is 157 g/mol. The zero-order chi connectivity index (χ0) is 8.48. The molecule has 0 aromatic heterocycles. The number of carbonyl (C=O) groups is 1. The van der Waals surface area contributed by atoms with E-state index in [2.05, 4.69) is 0 Å². The SMILES string of the molecule is NC1=CCC(F)(C(=O)O)C=C1. The largest absolute Gasteiger partial charge is 0.479 e. The summed E-state index contributed by atoms with van der Waals surface area (Å²) in [5.41, 5.74) is 3.41. The summed E-state index contributed by atoms with van der Waals surface area (Å²) in [7, 11) is 0. The minimum absolute atomic E-state index is 0.190. The number of nitrogens with two attached hydrogens (primary N) is 1. The Kier molecular flexibility index (Phi) is 1.68. The number of rotatable bonds is 1. The summed E-state index contributed by atoms with van der Waals surface area (Å²) in [5.74, 6) is -1.47. The maximum Gasteiger partial charge on any atom is 0.345 e. The first-order valence-corrected chi connectivity index (χ1v) is 3.12. The number of hydrogen-bond acceptors (Lipinski definition) is 2. The molecule has 60 valence electrons. The molecule has 4 heteroatoms. The van der Waals surface area contributed by atoms with Crippen molar-refractivity contribution < 1.29 is 14.3 Å². The second kappa shape index (κ2) is 2.38. The topological polar surface area (TPSA) is 63.3 Å². The molecule has 1 aliphatic rings. The van der Waals surface area contributed by atoms with Crippen LogP contribution >= 0.6 is 0 Å². The Bertz CT molecular complexity index is 247. The Hall–Kier alpha value is -1.32. The molecule has 1 rings (SSSR count). The maximum atomic E-state index is 13.1. The van der Waals surface area contributed by atoms with Crippen LogP contribution in [-0.4, -0.2) is 16.7 Å². The van der Waals surface area contributed by atoms with Crippen LogP contribution in [0.2, 0.25) is 0 Å². The predicted molar refractivity (Wildman–Crippen MR) is 37.5 cm³/mol. The number of alkyl halides is 1. The van der Waals surface area contributed by atoms with Crippen molar-refractivity contribution in [2.24, 2.45) is 5.73 Å². The van der Waals surface area contributed by atoms with Crippen molar-refractivity contribution in [3.05, 3.63) is 23.9 Å². The summed E-state index contributed by atoms with van der Waals surface area (Å²) in [4.78, 5) is 10.3. The molecule has 0 radical (unpaired) electrons. The van der Waals surface area contributed by atoms with Gasteiger partial charge in [-0.05, 0) is 12.2 Å². The highest BCUT2D eigenvalue weighted by Gasteiger charge is 2.35. The van der Waals surface area contributed by atoms with Gasteiger partial charge in [0.1, 0.15) is 0 Å². The number of halogens is 1. The van der Waals surface area contributed by atoms with Gasteiger partial charge in [0, 0.05) is 12.1 Å². The van der Waals surface area contributed by atoms with E-state index < -0.39 is 11.6 Å². The quantitative estimate of drug-likeness (QED) is 0.585. The maximum absolute atomic E-state index is 13.1. The third-order valence-electron chi connectivity index (χ3n) is 1.53. The lowest BCUT2D eigenvalue weighted by Gasteiger charge is -2.17. The van der Waals surface area contributed by atoms with Crippen molar-refractivity contribution in [2.75, 3.05) is 0 Å². The molecule has 1 unspecified atom stereocenters. The van der Waals surface area contributed by atoms with Crippen molar-refractivity contribution in [2.45, 2.75) is 12.1 Å². The van der Waals surface area contributed by atoms with Crippen molar-refractivity contribution >= 4 is 5.97 Å². The van der Waals surface area contributed by atoms with Gasteiger partial charge >= 0.3 is 5.97 Å². The average Bonchev–Trinajstić information content (AvgIpc) is 1.95. The van der Waals surface area contributed by atoms with Crippen LogP contribution in [0, 0.1) is 0 Å². The minimum Gasteiger partial charge on any atom is -0.479 e. The lowest BCUT2D eigenvalue weighted by atomic mass is 9.96. The lowest BCUT2D eigenvalue weighted by molar-refractivity contribution is -0.147. The molecule has 3 N–H and O–H groups in total. The molecule has 1 atom stereocenters.